The van der Waals surface area contributed by atoms with Crippen LogP contribution in [0.25, 0.3) is 0 Å². The van der Waals surface area contributed by atoms with E-state index in [0.717, 1.165) is 18.8 Å². The maximum absolute atomic E-state index is 6.49. The second-order valence-corrected chi connectivity index (χ2v) is 7.67. The molecule has 0 spiro atoms. The van der Waals surface area contributed by atoms with Crippen LogP contribution in [0.3, 0.4) is 0 Å². The molecule has 1 aliphatic carbocycles. The normalized spacial score (nSPS) is 32.7. The molecule has 1 saturated carbocycles. The summed E-state index contributed by atoms with van der Waals surface area (Å²) in [6, 6.07) is 0.114. The number of hydrogen-bond acceptors (Lipinski definition) is 3. The van der Waals surface area contributed by atoms with Crippen molar-refractivity contribution in [2.24, 2.45) is 17.6 Å². The lowest BCUT2D eigenvalue weighted by Crippen LogP contribution is -2.43. The molecule has 0 aromatic heterocycles. The molecule has 2 aliphatic rings. The molecule has 0 radical (unpaired) electrons. The summed E-state index contributed by atoms with van der Waals surface area (Å²) in [4.78, 5) is 0. The molecule has 118 valence electrons. The first-order valence-corrected chi connectivity index (χ1v) is 8.48. The predicted molar refractivity (Wildman–Crippen MR) is 82.4 cm³/mol. The highest BCUT2D eigenvalue weighted by Gasteiger charge is 2.44. The van der Waals surface area contributed by atoms with Crippen molar-refractivity contribution in [3.63, 3.8) is 0 Å². The quantitative estimate of drug-likeness (QED) is 0.833. The average molecular weight is 283 g/mol. The Hall–Kier alpha value is -0.120. The average Bonchev–Trinajstić information content (AvgIpc) is 2.65. The smallest absolute Gasteiger partial charge is 0.163 e. The van der Waals surface area contributed by atoms with Gasteiger partial charge in [0.1, 0.15) is 6.10 Å². The number of nitrogens with two attached hydrogens (primary N) is 1. The Labute approximate surface area is 124 Å². The van der Waals surface area contributed by atoms with Crippen LogP contribution in [0.1, 0.15) is 72.6 Å². The molecule has 0 bridgehead atoms. The third-order valence-corrected chi connectivity index (χ3v) is 4.68. The molecule has 2 rings (SSSR count). The fraction of sp³-hybridized carbons (Fsp3) is 1.00. The molecular formula is C17H33NO2. The topological polar surface area (TPSA) is 44.5 Å². The lowest BCUT2D eigenvalue weighted by atomic mass is 9.83. The Morgan fingerprint density at radius 1 is 1.05 bits per heavy atom. The summed E-state index contributed by atoms with van der Waals surface area (Å²) >= 11 is 0. The van der Waals surface area contributed by atoms with Crippen LogP contribution in [-0.4, -0.2) is 24.0 Å². The van der Waals surface area contributed by atoms with Crippen LogP contribution < -0.4 is 5.73 Å². The number of rotatable bonds is 5. The lowest BCUT2D eigenvalue weighted by Gasteiger charge is -2.29. The van der Waals surface area contributed by atoms with Gasteiger partial charge in [0.2, 0.25) is 0 Å². The molecule has 0 amide bonds. The van der Waals surface area contributed by atoms with E-state index in [2.05, 4.69) is 13.8 Å². The molecule has 2 fully saturated rings. The minimum Gasteiger partial charge on any atom is -0.345 e. The molecule has 3 heteroatoms. The molecule has 1 saturated heterocycles. The van der Waals surface area contributed by atoms with Crippen LogP contribution in [0.4, 0.5) is 0 Å². The molecule has 20 heavy (non-hydrogen) atoms. The first-order valence-electron chi connectivity index (χ1n) is 8.48. The minimum atomic E-state index is -0.478. The summed E-state index contributed by atoms with van der Waals surface area (Å²) in [5.74, 6) is 0.932. The van der Waals surface area contributed by atoms with E-state index in [-0.39, 0.29) is 18.2 Å². The Kier molecular flexibility index (Phi) is 5.49. The number of hydrogen-bond donors (Lipinski definition) is 1. The molecule has 0 aromatic carbocycles. The van der Waals surface area contributed by atoms with Crippen LogP contribution in [0.5, 0.6) is 0 Å². The van der Waals surface area contributed by atoms with Crippen molar-refractivity contribution < 1.29 is 9.47 Å². The van der Waals surface area contributed by atoms with Gasteiger partial charge in [-0.3, -0.25) is 0 Å². The summed E-state index contributed by atoms with van der Waals surface area (Å²) in [7, 11) is 0. The van der Waals surface area contributed by atoms with E-state index >= 15 is 0 Å². The fourth-order valence-electron chi connectivity index (χ4n) is 3.81. The summed E-state index contributed by atoms with van der Waals surface area (Å²) < 4.78 is 12.2. The van der Waals surface area contributed by atoms with Gasteiger partial charge in [0, 0.05) is 6.04 Å². The highest BCUT2D eigenvalue weighted by Crippen LogP contribution is 2.35. The standard InChI is InChI=1S/C17H33NO2/c1-12(2)10-15-16(20-17(3,4)19-15)14(18)11-13-8-6-5-7-9-13/h12-16H,5-11,18H2,1-4H3/t14-,15+,16+/m1/s1. The SMILES string of the molecule is CC(C)C[C@@H]1OC(C)(C)O[C@H]1[C@H](N)CC1CCCCC1. The van der Waals surface area contributed by atoms with Crippen LogP contribution in [0, 0.1) is 11.8 Å². The first kappa shape index (κ1) is 16.3. The van der Waals surface area contributed by atoms with E-state index in [1.165, 1.54) is 32.1 Å². The van der Waals surface area contributed by atoms with Gasteiger partial charge in [-0.25, -0.2) is 0 Å². The van der Waals surface area contributed by atoms with Gasteiger partial charge in [-0.2, -0.15) is 0 Å². The molecule has 0 aromatic rings. The summed E-state index contributed by atoms with van der Waals surface area (Å²) in [6.07, 6.45) is 9.20. The van der Waals surface area contributed by atoms with Crippen LogP contribution in [0.15, 0.2) is 0 Å². The first-order chi connectivity index (χ1) is 9.37. The van der Waals surface area contributed by atoms with Crippen molar-refractivity contribution in [1.82, 2.24) is 0 Å². The zero-order chi connectivity index (χ0) is 14.8. The molecule has 3 atom stereocenters. The molecule has 0 unspecified atom stereocenters. The summed E-state index contributed by atoms with van der Waals surface area (Å²) in [5, 5.41) is 0. The van der Waals surface area contributed by atoms with Gasteiger partial charge in [0.15, 0.2) is 5.79 Å². The maximum Gasteiger partial charge on any atom is 0.163 e. The highest BCUT2D eigenvalue weighted by molar-refractivity contribution is 4.90. The van der Waals surface area contributed by atoms with E-state index in [1.54, 1.807) is 0 Å². The van der Waals surface area contributed by atoms with Gasteiger partial charge in [0.25, 0.3) is 0 Å². The Morgan fingerprint density at radius 3 is 2.30 bits per heavy atom. The van der Waals surface area contributed by atoms with Crippen LogP contribution in [0.2, 0.25) is 0 Å². The van der Waals surface area contributed by atoms with Crippen molar-refractivity contribution in [1.29, 1.82) is 0 Å². The second kappa shape index (κ2) is 6.76. The van der Waals surface area contributed by atoms with Crippen LogP contribution >= 0.6 is 0 Å². The maximum atomic E-state index is 6.49. The van der Waals surface area contributed by atoms with Crippen molar-refractivity contribution in [2.75, 3.05) is 0 Å². The monoisotopic (exact) mass is 283 g/mol. The van der Waals surface area contributed by atoms with Crippen molar-refractivity contribution >= 4 is 0 Å². The number of ether oxygens (including phenoxy) is 2. The molecule has 3 nitrogen and oxygen atoms in total. The van der Waals surface area contributed by atoms with E-state index in [4.69, 9.17) is 15.2 Å². The molecule has 1 heterocycles. The Morgan fingerprint density at radius 2 is 1.70 bits per heavy atom. The van der Waals surface area contributed by atoms with E-state index in [9.17, 15) is 0 Å². The van der Waals surface area contributed by atoms with Crippen molar-refractivity contribution in [3.8, 4) is 0 Å². The van der Waals surface area contributed by atoms with Gasteiger partial charge >= 0.3 is 0 Å². The van der Waals surface area contributed by atoms with Crippen LogP contribution in [-0.2, 0) is 9.47 Å². The van der Waals surface area contributed by atoms with E-state index in [0.29, 0.717) is 5.92 Å². The Bertz CT molecular complexity index is 297. The fourth-order valence-corrected chi connectivity index (χ4v) is 3.81. The molecule has 2 N–H and O–H groups in total. The van der Waals surface area contributed by atoms with Gasteiger partial charge < -0.3 is 15.2 Å². The van der Waals surface area contributed by atoms with E-state index in [1.807, 2.05) is 13.8 Å². The predicted octanol–water partition coefficient (Wildman–Crippen LogP) is 3.85. The van der Waals surface area contributed by atoms with Gasteiger partial charge in [-0.1, -0.05) is 46.0 Å². The minimum absolute atomic E-state index is 0.0642. The third-order valence-electron chi connectivity index (χ3n) is 4.68. The highest BCUT2D eigenvalue weighted by atomic mass is 16.8. The van der Waals surface area contributed by atoms with Gasteiger partial charge in [-0.15, -0.1) is 0 Å². The Balaban J connectivity index is 1.92. The summed E-state index contributed by atoms with van der Waals surface area (Å²) in [6.45, 7) is 8.48. The van der Waals surface area contributed by atoms with Crippen molar-refractivity contribution in [2.45, 2.75) is 96.7 Å². The lowest BCUT2D eigenvalue weighted by molar-refractivity contribution is -0.149. The molecule has 1 aliphatic heterocycles. The molecular weight excluding hydrogens is 250 g/mol. The van der Waals surface area contributed by atoms with Gasteiger partial charge in [0.05, 0.1) is 6.10 Å². The third kappa shape index (κ3) is 4.44. The van der Waals surface area contributed by atoms with Crippen molar-refractivity contribution in [3.05, 3.63) is 0 Å². The zero-order valence-corrected chi connectivity index (χ0v) is 13.7. The van der Waals surface area contributed by atoms with E-state index < -0.39 is 5.79 Å². The van der Waals surface area contributed by atoms with Gasteiger partial charge in [-0.05, 0) is 38.5 Å². The summed E-state index contributed by atoms with van der Waals surface area (Å²) in [5.41, 5.74) is 6.49. The zero-order valence-electron chi connectivity index (χ0n) is 13.7. The second-order valence-electron chi connectivity index (χ2n) is 7.67. The largest absolute Gasteiger partial charge is 0.345 e.